The summed E-state index contributed by atoms with van der Waals surface area (Å²) < 4.78 is 21.9. The van der Waals surface area contributed by atoms with Crippen LogP contribution in [0.15, 0.2) is 18.2 Å². The van der Waals surface area contributed by atoms with Crippen molar-refractivity contribution in [3.05, 3.63) is 33.8 Å². The van der Waals surface area contributed by atoms with Crippen LogP contribution in [-0.2, 0) is 16.4 Å². The van der Waals surface area contributed by atoms with Gasteiger partial charge in [-0.15, -0.1) is 0 Å². The highest BCUT2D eigenvalue weighted by Gasteiger charge is 2.32. The number of sulfone groups is 1. The smallest absolute Gasteiger partial charge is 0.153 e. The number of nitrogens with one attached hydrogen (secondary N) is 1. The fraction of sp³-hybridized carbons (Fsp3) is 0.400. The molecule has 88 valence electrons. The van der Waals surface area contributed by atoms with Gasteiger partial charge in [-0.3, -0.25) is 0 Å². The van der Waals surface area contributed by atoms with Crippen molar-refractivity contribution < 1.29 is 8.42 Å². The fourth-order valence-electron chi connectivity index (χ4n) is 1.60. The van der Waals surface area contributed by atoms with Gasteiger partial charge in [0.2, 0.25) is 0 Å². The van der Waals surface area contributed by atoms with Gasteiger partial charge in [0.1, 0.15) is 0 Å². The van der Waals surface area contributed by atoms with Crippen molar-refractivity contribution in [2.24, 2.45) is 0 Å². The lowest BCUT2D eigenvalue weighted by molar-refractivity contribution is 0.511. The first kappa shape index (κ1) is 12.2. The van der Waals surface area contributed by atoms with Crippen molar-refractivity contribution in [1.29, 1.82) is 0 Å². The summed E-state index contributed by atoms with van der Waals surface area (Å²) in [7, 11) is -2.77. The molecule has 16 heavy (non-hydrogen) atoms. The Labute approximate surface area is 105 Å². The summed E-state index contributed by atoms with van der Waals surface area (Å²) in [6.45, 7) is 0.566. The Morgan fingerprint density at radius 2 is 2.00 bits per heavy atom. The Morgan fingerprint density at radius 3 is 2.56 bits per heavy atom. The van der Waals surface area contributed by atoms with E-state index < -0.39 is 9.84 Å². The monoisotopic (exact) mass is 279 g/mol. The van der Waals surface area contributed by atoms with E-state index in [1.807, 2.05) is 6.07 Å². The van der Waals surface area contributed by atoms with Crippen molar-refractivity contribution in [3.8, 4) is 0 Å². The molecule has 0 spiro atoms. The van der Waals surface area contributed by atoms with Crippen molar-refractivity contribution in [2.75, 3.05) is 11.5 Å². The Balaban J connectivity index is 1.91. The van der Waals surface area contributed by atoms with E-state index in [2.05, 4.69) is 5.32 Å². The Hall–Kier alpha value is -0.290. The molecule has 0 bridgehead atoms. The Bertz CT molecular complexity index is 490. The molecule has 0 amide bonds. The lowest BCUT2D eigenvalue weighted by Crippen LogP contribution is -2.50. The maximum Gasteiger partial charge on any atom is 0.153 e. The Morgan fingerprint density at radius 1 is 1.31 bits per heavy atom. The second-order valence-corrected chi connectivity index (χ2v) is 6.89. The minimum atomic E-state index is -2.77. The van der Waals surface area contributed by atoms with Crippen molar-refractivity contribution in [2.45, 2.75) is 12.6 Å². The third-order valence-electron chi connectivity index (χ3n) is 2.51. The van der Waals surface area contributed by atoms with Crippen molar-refractivity contribution >= 4 is 33.0 Å². The molecule has 2 rings (SSSR count). The minimum absolute atomic E-state index is 0.0525. The number of halogens is 2. The van der Waals surface area contributed by atoms with E-state index in [-0.39, 0.29) is 17.5 Å². The highest BCUT2D eigenvalue weighted by molar-refractivity contribution is 7.92. The average Bonchev–Trinajstić information content (AvgIpc) is 2.13. The van der Waals surface area contributed by atoms with Gasteiger partial charge in [-0.25, -0.2) is 8.42 Å². The van der Waals surface area contributed by atoms with Crippen LogP contribution in [0, 0.1) is 0 Å². The standard InChI is InChI=1S/C10H11Cl2NO2S/c11-8-2-1-7(10(12)3-8)4-13-9-5-16(14,15)6-9/h1-3,9,13H,4-6H2. The molecule has 1 aliphatic heterocycles. The van der Waals surface area contributed by atoms with Gasteiger partial charge in [0, 0.05) is 22.6 Å². The lowest BCUT2D eigenvalue weighted by Gasteiger charge is -2.26. The first-order valence-electron chi connectivity index (χ1n) is 4.84. The molecule has 0 radical (unpaired) electrons. The van der Waals surface area contributed by atoms with Crippen LogP contribution in [0.1, 0.15) is 5.56 Å². The molecule has 0 aromatic heterocycles. The molecule has 6 heteroatoms. The number of hydrogen-bond acceptors (Lipinski definition) is 3. The van der Waals surface area contributed by atoms with Crippen molar-refractivity contribution in [3.63, 3.8) is 0 Å². The molecule has 1 fully saturated rings. The zero-order valence-electron chi connectivity index (χ0n) is 8.41. The molecule has 0 atom stereocenters. The molecule has 1 heterocycles. The maximum atomic E-state index is 10.9. The summed E-state index contributed by atoms with van der Waals surface area (Å²) in [6.07, 6.45) is 0. The summed E-state index contributed by atoms with van der Waals surface area (Å²) in [5, 5.41) is 4.34. The first-order chi connectivity index (χ1) is 7.46. The zero-order chi connectivity index (χ0) is 11.8. The molecule has 0 saturated carbocycles. The van der Waals surface area contributed by atoms with Crippen LogP contribution in [0.5, 0.6) is 0 Å². The molecule has 1 saturated heterocycles. The molecule has 1 aliphatic rings. The number of benzene rings is 1. The highest BCUT2D eigenvalue weighted by Crippen LogP contribution is 2.21. The van der Waals surface area contributed by atoms with E-state index in [0.29, 0.717) is 16.6 Å². The molecular weight excluding hydrogens is 269 g/mol. The van der Waals surface area contributed by atoms with Crippen LogP contribution in [-0.4, -0.2) is 26.0 Å². The van der Waals surface area contributed by atoms with Crippen LogP contribution in [0.4, 0.5) is 0 Å². The number of hydrogen-bond donors (Lipinski definition) is 1. The van der Waals surface area contributed by atoms with E-state index in [1.54, 1.807) is 12.1 Å². The molecule has 1 aromatic carbocycles. The zero-order valence-corrected chi connectivity index (χ0v) is 10.7. The molecule has 1 aromatic rings. The van der Waals surface area contributed by atoms with E-state index in [4.69, 9.17) is 23.2 Å². The van der Waals surface area contributed by atoms with Gasteiger partial charge in [0.25, 0.3) is 0 Å². The summed E-state index contributed by atoms with van der Waals surface area (Å²) in [4.78, 5) is 0. The van der Waals surface area contributed by atoms with Gasteiger partial charge >= 0.3 is 0 Å². The molecule has 3 nitrogen and oxygen atoms in total. The first-order valence-corrected chi connectivity index (χ1v) is 7.42. The second kappa shape index (κ2) is 4.53. The topological polar surface area (TPSA) is 46.2 Å². The van der Waals surface area contributed by atoms with E-state index in [9.17, 15) is 8.42 Å². The summed E-state index contributed by atoms with van der Waals surface area (Å²) in [5.74, 6) is 0.441. The van der Waals surface area contributed by atoms with Crippen LogP contribution >= 0.6 is 23.2 Å². The molecular formula is C10H11Cl2NO2S. The van der Waals surface area contributed by atoms with Crippen LogP contribution in [0.3, 0.4) is 0 Å². The SMILES string of the molecule is O=S1(=O)CC(NCc2ccc(Cl)cc2Cl)C1. The van der Waals surface area contributed by atoms with Crippen LogP contribution in [0.25, 0.3) is 0 Å². The quantitative estimate of drug-likeness (QED) is 0.919. The second-order valence-electron chi connectivity index (χ2n) is 3.89. The summed E-state index contributed by atoms with van der Waals surface area (Å²) in [5.41, 5.74) is 0.926. The fourth-order valence-corrected chi connectivity index (χ4v) is 3.44. The number of rotatable bonds is 3. The van der Waals surface area contributed by atoms with Crippen LogP contribution in [0.2, 0.25) is 10.0 Å². The molecule has 0 aliphatic carbocycles. The third-order valence-corrected chi connectivity index (χ3v) is 4.91. The Kier molecular flexibility index (Phi) is 3.45. The maximum absolute atomic E-state index is 10.9. The van der Waals surface area contributed by atoms with Crippen molar-refractivity contribution in [1.82, 2.24) is 5.32 Å². The van der Waals surface area contributed by atoms with E-state index in [1.165, 1.54) is 0 Å². The summed E-state index contributed by atoms with van der Waals surface area (Å²) in [6, 6.07) is 5.33. The molecule has 1 N–H and O–H groups in total. The summed E-state index contributed by atoms with van der Waals surface area (Å²) >= 11 is 11.8. The lowest BCUT2D eigenvalue weighted by atomic mass is 10.2. The minimum Gasteiger partial charge on any atom is -0.308 e. The highest BCUT2D eigenvalue weighted by atomic mass is 35.5. The van der Waals surface area contributed by atoms with Gasteiger partial charge in [-0.1, -0.05) is 29.3 Å². The van der Waals surface area contributed by atoms with E-state index >= 15 is 0 Å². The third kappa shape index (κ3) is 2.88. The predicted octanol–water partition coefficient (Wildman–Crippen LogP) is 1.88. The largest absolute Gasteiger partial charge is 0.308 e. The van der Waals surface area contributed by atoms with Gasteiger partial charge < -0.3 is 5.32 Å². The van der Waals surface area contributed by atoms with E-state index in [0.717, 1.165) is 5.56 Å². The van der Waals surface area contributed by atoms with Crippen LogP contribution < -0.4 is 5.32 Å². The van der Waals surface area contributed by atoms with Gasteiger partial charge in [-0.05, 0) is 17.7 Å². The predicted molar refractivity (Wildman–Crippen MR) is 65.7 cm³/mol. The average molecular weight is 280 g/mol. The van der Waals surface area contributed by atoms with Gasteiger partial charge in [-0.2, -0.15) is 0 Å². The van der Waals surface area contributed by atoms with Gasteiger partial charge in [0.15, 0.2) is 9.84 Å². The normalized spacial score (nSPS) is 19.4. The molecule has 0 unspecified atom stereocenters. The van der Waals surface area contributed by atoms with Gasteiger partial charge in [0.05, 0.1) is 11.5 Å².